The second kappa shape index (κ2) is 12.4. The van der Waals surface area contributed by atoms with Gasteiger partial charge in [0.1, 0.15) is 11.5 Å². The average Bonchev–Trinajstić information content (AvgIpc) is 2.66. The van der Waals surface area contributed by atoms with Crippen LogP contribution < -0.4 is 20.1 Å². The smallest absolute Gasteiger partial charge is 0.191 e. The molecule has 142 valence electrons. The molecule has 0 aliphatic heterocycles. The maximum absolute atomic E-state index is 5.38. The Hall–Kier alpha value is -1.96. The quantitative estimate of drug-likeness (QED) is 0.353. The van der Waals surface area contributed by atoms with Crippen molar-refractivity contribution in [2.75, 3.05) is 27.3 Å². The van der Waals surface area contributed by atoms with Crippen LogP contribution in [0.1, 0.15) is 18.1 Å². The fraction of sp³-hybridized carbons (Fsp3) is 0.350. The molecule has 0 aromatic heterocycles. The van der Waals surface area contributed by atoms with E-state index in [9.17, 15) is 0 Å². The summed E-state index contributed by atoms with van der Waals surface area (Å²) < 4.78 is 10.6. The second-order valence-corrected chi connectivity index (χ2v) is 5.53. The Bertz CT molecular complexity index is 675. The van der Waals surface area contributed by atoms with Crippen molar-refractivity contribution in [2.24, 2.45) is 4.99 Å². The zero-order valence-corrected chi connectivity index (χ0v) is 17.9. The zero-order valence-electron chi connectivity index (χ0n) is 15.6. The van der Waals surface area contributed by atoms with E-state index in [1.165, 1.54) is 5.56 Å². The molecule has 2 aromatic carbocycles. The highest BCUT2D eigenvalue weighted by atomic mass is 127. The molecule has 0 atom stereocenters. The number of hydrogen-bond acceptors (Lipinski definition) is 3. The summed E-state index contributed by atoms with van der Waals surface area (Å²) in [5.41, 5.74) is 2.33. The van der Waals surface area contributed by atoms with Gasteiger partial charge in [-0.15, -0.1) is 24.0 Å². The monoisotopic (exact) mass is 469 g/mol. The largest absolute Gasteiger partial charge is 0.497 e. The van der Waals surface area contributed by atoms with Gasteiger partial charge in [-0.1, -0.05) is 30.3 Å². The van der Waals surface area contributed by atoms with Crippen molar-refractivity contribution in [3.8, 4) is 11.5 Å². The van der Waals surface area contributed by atoms with Gasteiger partial charge in [-0.05, 0) is 37.1 Å². The standard InChI is InChI=1S/C20H27N3O2.HI/c1-4-21-20(23-15-17-7-5-6-8-19(17)25-3)22-14-13-16-9-11-18(24-2)12-10-16;/h5-12H,4,13-15H2,1-3H3,(H2,21,22,23);1H. The normalized spacial score (nSPS) is 10.7. The molecule has 2 aromatic rings. The van der Waals surface area contributed by atoms with E-state index in [-0.39, 0.29) is 24.0 Å². The number of halogens is 1. The number of ether oxygens (including phenoxy) is 2. The molecular weight excluding hydrogens is 441 g/mol. The third kappa shape index (κ3) is 7.11. The minimum atomic E-state index is 0. The molecule has 0 radical (unpaired) electrons. The molecule has 5 nitrogen and oxygen atoms in total. The highest BCUT2D eigenvalue weighted by Gasteiger charge is 2.02. The van der Waals surface area contributed by atoms with Crippen molar-refractivity contribution in [3.63, 3.8) is 0 Å². The number of guanidine groups is 1. The topological polar surface area (TPSA) is 54.9 Å². The Kier molecular flexibility index (Phi) is 10.5. The van der Waals surface area contributed by atoms with Crippen molar-refractivity contribution in [2.45, 2.75) is 19.9 Å². The van der Waals surface area contributed by atoms with Crippen LogP contribution in [0.4, 0.5) is 0 Å². The Morgan fingerprint density at radius 1 is 0.962 bits per heavy atom. The molecule has 0 saturated carbocycles. The van der Waals surface area contributed by atoms with Crippen LogP contribution in [0.2, 0.25) is 0 Å². The molecule has 0 spiro atoms. The van der Waals surface area contributed by atoms with Gasteiger partial charge < -0.3 is 20.1 Å². The van der Waals surface area contributed by atoms with Crippen molar-refractivity contribution in [1.82, 2.24) is 10.6 Å². The van der Waals surface area contributed by atoms with E-state index < -0.39 is 0 Å². The number of rotatable bonds is 8. The van der Waals surface area contributed by atoms with Gasteiger partial charge in [0, 0.05) is 18.7 Å². The third-order valence-electron chi connectivity index (χ3n) is 3.81. The van der Waals surface area contributed by atoms with Gasteiger partial charge in [-0.2, -0.15) is 0 Å². The first-order valence-corrected chi connectivity index (χ1v) is 8.53. The molecule has 0 bridgehead atoms. The number of aliphatic imine (C=N–C) groups is 1. The number of methoxy groups -OCH3 is 2. The molecule has 2 N–H and O–H groups in total. The van der Waals surface area contributed by atoms with Gasteiger partial charge in [0.25, 0.3) is 0 Å². The summed E-state index contributed by atoms with van der Waals surface area (Å²) in [5, 5.41) is 6.65. The molecule has 26 heavy (non-hydrogen) atoms. The van der Waals surface area contributed by atoms with Crippen LogP contribution in [-0.4, -0.2) is 33.3 Å². The van der Waals surface area contributed by atoms with Crippen LogP contribution in [0, 0.1) is 0 Å². The maximum Gasteiger partial charge on any atom is 0.191 e. The van der Waals surface area contributed by atoms with E-state index in [1.54, 1.807) is 14.2 Å². The van der Waals surface area contributed by atoms with Crippen molar-refractivity contribution < 1.29 is 9.47 Å². The summed E-state index contributed by atoms with van der Waals surface area (Å²) in [7, 11) is 3.36. The number of nitrogens with zero attached hydrogens (tertiary/aromatic N) is 1. The van der Waals surface area contributed by atoms with Crippen LogP contribution in [0.5, 0.6) is 11.5 Å². The van der Waals surface area contributed by atoms with Gasteiger partial charge in [0.05, 0.1) is 20.8 Å². The Balaban J connectivity index is 0.00000338. The minimum Gasteiger partial charge on any atom is -0.497 e. The summed E-state index contributed by atoms with van der Waals surface area (Å²) in [6, 6.07) is 16.1. The van der Waals surface area contributed by atoms with Crippen LogP contribution >= 0.6 is 24.0 Å². The first-order chi connectivity index (χ1) is 12.3. The van der Waals surface area contributed by atoms with E-state index in [4.69, 9.17) is 9.47 Å². The highest BCUT2D eigenvalue weighted by Crippen LogP contribution is 2.17. The lowest BCUT2D eigenvalue weighted by molar-refractivity contribution is 0.410. The average molecular weight is 469 g/mol. The molecule has 0 amide bonds. The Morgan fingerprint density at radius 3 is 2.35 bits per heavy atom. The van der Waals surface area contributed by atoms with Crippen LogP contribution in [-0.2, 0) is 13.0 Å². The Morgan fingerprint density at radius 2 is 1.69 bits per heavy atom. The molecule has 0 unspecified atom stereocenters. The zero-order chi connectivity index (χ0) is 17.9. The molecule has 0 aliphatic rings. The van der Waals surface area contributed by atoms with Gasteiger partial charge in [0.15, 0.2) is 5.96 Å². The van der Waals surface area contributed by atoms with Crippen LogP contribution in [0.15, 0.2) is 53.5 Å². The molecule has 0 aliphatic carbocycles. The van der Waals surface area contributed by atoms with Crippen LogP contribution in [0.3, 0.4) is 0 Å². The van der Waals surface area contributed by atoms with Gasteiger partial charge in [-0.25, -0.2) is 4.99 Å². The molecule has 6 heteroatoms. The van der Waals surface area contributed by atoms with E-state index in [0.717, 1.165) is 42.5 Å². The van der Waals surface area contributed by atoms with E-state index >= 15 is 0 Å². The molecule has 0 heterocycles. The van der Waals surface area contributed by atoms with Crippen molar-refractivity contribution in [1.29, 1.82) is 0 Å². The fourth-order valence-electron chi connectivity index (χ4n) is 2.46. The lowest BCUT2D eigenvalue weighted by atomic mass is 10.1. The van der Waals surface area contributed by atoms with Crippen molar-refractivity contribution >= 4 is 29.9 Å². The number of para-hydroxylation sites is 1. The van der Waals surface area contributed by atoms with Gasteiger partial charge >= 0.3 is 0 Å². The fourth-order valence-corrected chi connectivity index (χ4v) is 2.46. The summed E-state index contributed by atoms with van der Waals surface area (Å²) in [6.07, 6.45) is 0.920. The predicted molar refractivity (Wildman–Crippen MR) is 118 cm³/mol. The maximum atomic E-state index is 5.38. The van der Waals surface area contributed by atoms with Crippen LogP contribution in [0.25, 0.3) is 0 Å². The van der Waals surface area contributed by atoms with E-state index in [2.05, 4.69) is 34.7 Å². The minimum absolute atomic E-state index is 0. The molecule has 0 saturated heterocycles. The lowest BCUT2D eigenvalue weighted by Gasteiger charge is -2.12. The summed E-state index contributed by atoms with van der Waals surface area (Å²) >= 11 is 0. The first-order valence-electron chi connectivity index (χ1n) is 8.53. The van der Waals surface area contributed by atoms with E-state index in [0.29, 0.717) is 6.54 Å². The highest BCUT2D eigenvalue weighted by molar-refractivity contribution is 14.0. The van der Waals surface area contributed by atoms with Crippen molar-refractivity contribution in [3.05, 3.63) is 59.7 Å². The number of nitrogens with one attached hydrogen (secondary N) is 2. The molecule has 2 rings (SSSR count). The van der Waals surface area contributed by atoms with Gasteiger partial charge in [0.2, 0.25) is 0 Å². The van der Waals surface area contributed by atoms with Gasteiger partial charge in [-0.3, -0.25) is 0 Å². The summed E-state index contributed by atoms with van der Waals surface area (Å²) in [6.45, 7) is 4.26. The predicted octanol–water partition coefficient (Wildman–Crippen LogP) is 3.62. The molecular formula is C20H28IN3O2. The number of hydrogen-bond donors (Lipinski definition) is 2. The first kappa shape index (κ1) is 22.1. The molecule has 0 fully saturated rings. The third-order valence-corrected chi connectivity index (χ3v) is 3.81. The Labute approximate surface area is 173 Å². The second-order valence-electron chi connectivity index (χ2n) is 5.53. The summed E-state index contributed by atoms with van der Waals surface area (Å²) in [5.74, 6) is 2.55. The SMILES string of the molecule is CCNC(=NCc1ccccc1OC)NCCc1ccc(OC)cc1.I. The summed E-state index contributed by atoms with van der Waals surface area (Å²) in [4.78, 5) is 4.65. The lowest BCUT2D eigenvalue weighted by Crippen LogP contribution is -2.38. The van der Waals surface area contributed by atoms with E-state index in [1.807, 2.05) is 36.4 Å². The number of benzene rings is 2.